The largest absolute Gasteiger partial charge is 0.505 e. The third-order valence-electron chi connectivity index (χ3n) is 6.29. The van der Waals surface area contributed by atoms with Gasteiger partial charge < -0.3 is 15.0 Å². The second kappa shape index (κ2) is 6.88. The Morgan fingerprint density at radius 3 is 2.88 bits per heavy atom. The smallest absolute Gasteiger partial charge is 0.226 e. The molecule has 3 aromatic heterocycles. The summed E-state index contributed by atoms with van der Waals surface area (Å²) in [7, 11) is 0. The number of carbonyl (C=O) groups excluding carboxylic acids is 1. The van der Waals surface area contributed by atoms with E-state index >= 15 is 0 Å². The highest BCUT2D eigenvalue weighted by Gasteiger charge is 2.37. The highest BCUT2D eigenvalue weighted by molar-refractivity contribution is 5.92. The van der Waals surface area contributed by atoms with Gasteiger partial charge in [0.2, 0.25) is 5.91 Å². The maximum atomic E-state index is 14.0. The van der Waals surface area contributed by atoms with Crippen LogP contribution in [0.5, 0.6) is 5.75 Å². The molecule has 0 bridgehead atoms. The van der Waals surface area contributed by atoms with Gasteiger partial charge in [0.05, 0.1) is 35.7 Å². The molecule has 2 aliphatic rings. The molecule has 9 heteroatoms. The van der Waals surface area contributed by atoms with Crippen LogP contribution in [0.1, 0.15) is 36.7 Å². The fourth-order valence-electron chi connectivity index (χ4n) is 4.37. The minimum Gasteiger partial charge on any atom is -0.505 e. The summed E-state index contributed by atoms with van der Waals surface area (Å²) in [5.74, 6) is 0.0167. The number of phenolic OH excluding ortho intramolecular Hbond substituents is 1. The van der Waals surface area contributed by atoms with Crippen LogP contribution in [-0.4, -0.2) is 41.1 Å². The van der Waals surface area contributed by atoms with E-state index in [9.17, 15) is 14.3 Å². The van der Waals surface area contributed by atoms with E-state index in [0.717, 1.165) is 40.7 Å². The Morgan fingerprint density at radius 1 is 1.28 bits per heavy atom. The van der Waals surface area contributed by atoms with E-state index in [1.54, 1.807) is 6.20 Å². The Kier molecular flexibility index (Phi) is 4.08. The second-order valence-corrected chi connectivity index (χ2v) is 8.48. The molecule has 0 atom stereocenters. The molecule has 1 amide bonds. The van der Waals surface area contributed by atoms with Crippen molar-refractivity contribution in [1.82, 2.24) is 30.0 Å². The van der Waals surface area contributed by atoms with Crippen molar-refractivity contribution in [3.63, 3.8) is 0 Å². The van der Waals surface area contributed by atoms with Crippen LogP contribution in [0.2, 0.25) is 0 Å². The molecule has 32 heavy (non-hydrogen) atoms. The summed E-state index contributed by atoms with van der Waals surface area (Å²) in [6.07, 6.45) is 4.32. The molecular weight excluding hydrogens is 411 g/mol. The molecule has 3 N–H and O–H groups in total. The summed E-state index contributed by atoms with van der Waals surface area (Å²) in [6.45, 7) is 3.02. The van der Waals surface area contributed by atoms with Gasteiger partial charge in [-0.1, -0.05) is 6.92 Å². The number of hydrogen-bond donors (Lipinski definition) is 3. The van der Waals surface area contributed by atoms with Crippen molar-refractivity contribution in [2.24, 2.45) is 5.92 Å². The molecule has 162 valence electrons. The number of benzene rings is 1. The number of phenols is 1. The number of halogens is 1. The molecule has 1 aliphatic carbocycles. The van der Waals surface area contributed by atoms with Crippen LogP contribution >= 0.6 is 0 Å². The molecule has 0 unspecified atom stereocenters. The van der Waals surface area contributed by atoms with Crippen molar-refractivity contribution in [2.75, 3.05) is 0 Å². The molecular formula is C23H21FN6O2. The number of nitrogens with zero attached hydrogens (tertiary/aromatic N) is 4. The van der Waals surface area contributed by atoms with Gasteiger partial charge in [0, 0.05) is 23.1 Å². The van der Waals surface area contributed by atoms with Crippen LogP contribution in [-0.2, 0) is 24.3 Å². The van der Waals surface area contributed by atoms with Gasteiger partial charge in [-0.05, 0) is 43.0 Å². The van der Waals surface area contributed by atoms with Crippen molar-refractivity contribution < 1.29 is 14.3 Å². The average Bonchev–Trinajstić information content (AvgIpc) is 3.26. The van der Waals surface area contributed by atoms with Crippen LogP contribution < -0.4 is 0 Å². The van der Waals surface area contributed by atoms with Crippen LogP contribution in [0.4, 0.5) is 4.39 Å². The number of aromatic hydroxyl groups is 1. The van der Waals surface area contributed by atoms with E-state index < -0.39 is 5.82 Å². The number of aromatic amines is 2. The monoisotopic (exact) mass is 432 g/mol. The van der Waals surface area contributed by atoms with Crippen LogP contribution in [0.25, 0.3) is 33.7 Å². The number of aryl methyl sites for hydroxylation is 1. The third kappa shape index (κ3) is 2.96. The van der Waals surface area contributed by atoms with Crippen LogP contribution in [0, 0.1) is 11.7 Å². The first-order chi connectivity index (χ1) is 15.5. The third-order valence-corrected chi connectivity index (χ3v) is 6.29. The van der Waals surface area contributed by atoms with E-state index in [-0.39, 0.29) is 17.6 Å². The number of H-pyrrole nitrogens is 2. The molecule has 8 nitrogen and oxygen atoms in total. The number of aromatic nitrogens is 5. The summed E-state index contributed by atoms with van der Waals surface area (Å²) < 4.78 is 14.0. The summed E-state index contributed by atoms with van der Waals surface area (Å²) in [4.78, 5) is 26.7. The summed E-state index contributed by atoms with van der Waals surface area (Å²) in [5, 5.41) is 17.9. The second-order valence-electron chi connectivity index (χ2n) is 8.48. The zero-order valence-electron chi connectivity index (χ0n) is 17.4. The Balaban J connectivity index is 1.32. The van der Waals surface area contributed by atoms with Gasteiger partial charge in [-0.2, -0.15) is 5.10 Å². The van der Waals surface area contributed by atoms with Crippen molar-refractivity contribution in [3.8, 4) is 28.5 Å². The lowest BCUT2D eigenvalue weighted by Gasteiger charge is -2.14. The van der Waals surface area contributed by atoms with Crippen LogP contribution in [0.15, 0.2) is 24.4 Å². The first-order valence-corrected chi connectivity index (χ1v) is 10.7. The first-order valence-electron chi connectivity index (χ1n) is 10.7. The van der Waals surface area contributed by atoms with Gasteiger partial charge in [0.1, 0.15) is 5.69 Å². The minimum atomic E-state index is -0.677. The predicted molar refractivity (Wildman–Crippen MR) is 115 cm³/mol. The quantitative estimate of drug-likeness (QED) is 0.456. The molecule has 6 rings (SSSR count). The molecule has 4 aromatic rings. The van der Waals surface area contributed by atoms with Crippen LogP contribution in [0.3, 0.4) is 0 Å². The Morgan fingerprint density at radius 2 is 2.12 bits per heavy atom. The lowest BCUT2D eigenvalue weighted by atomic mass is 10.0. The van der Waals surface area contributed by atoms with E-state index in [1.807, 2.05) is 17.9 Å². The normalized spacial score (nSPS) is 15.5. The number of nitrogens with one attached hydrogen (secondary N) is 2. The summed E-state index contributed by atoms with van der Waals surface area (Å²) in [6, 6.07) is 4.57. The zero-order chi connectivity index (χ0) is 22.0. The fourth-order valence-corrected chi connectivity index (χ4v) is 4.37. The number of imidazole rings is 1. The highest BCUT2D eigenvalue weighted by Crippen LogP contribution is 2.35. The summed E-state index contributed by atoms with van der Waals surface area (Å²) in [5.41, 5.74) is 5.27. The highest BCUT2D eigenvalue weighted by atomic mass is 19.1. The van der Waals surface area contributed by atoms with Crippen molar-refractivity contribution in [1.29, 1.82) is 0 Å². The van der Waals surface area contributed by atoms with Crippen molar-refractivity contribution in [2.45, 2.75) is 39.3 Å². The molecule has 0 radical (unpaired) electrons. The lowest BCUT2D eigenvalue weighted by molar-refractivity contribution is -0.133. The minimum absolute atomic E-state index is 0.198. The van der Waals surface area contributed by atoms with E-state index in [0.29, 0.717) is 42.3 Å². The standard InChI is InChI=1S/C23H21FN6O2/c1-2-11-5-20(31)15(24)6-13(11)16-7-17-14(8-25-16)21(29-28-17)22-26-18-9-30(10-19(18)27-22)23(32)12-3-4-12/h5-8,12,31H,2-4,9-10H2,1H3,(H,26,27)(H,28,29). The molecule has 1 aromatic carbocycles. The molecule has 0 spiro atoms. The molecule has 1 aliphatic heterocycles. The number of hydrogen-bond acceptors (Lipinski definition) is 5. The van der Waals surface area contributed by atoms with Gasteiger partial charge in [-0.25, -0.2) is 9.37 Å². The number of carbonyl (C=O) groups is 1. The maximum Gasteiger partial charge on any atom is 0.226 e. The number of rotatable bonds is 4. The van der Waals surface area contributed by atoms with Gasteiger partial charge >= 0.3 is 0 Å². The molecule has 1 fully saturated rings. The molecule has 1 saturated carbocycles. The SMILES string of the molecule is CCc1cc(O)c(F)cc1-c1cc2[nH]nc(-c3nc4c([nH]3)CN(C(=O)C3CC3)C4)c2cn1. The number of amides is 1. The molecule has 4 heterocycles. The maximum absolute atomic E-state index is 14.0. The van der Waals surface area contributed by atoms with Gasteiger partial charge in [-0.15, -0.1) is 0 Å². The van der Waals surface area contributed by atoms with Gasteiger partial charge in [0.25, 0.3) is 0 Å². The lowest BCUT2D eigenvalue weighted by Crippen LogP contribution is -2.27. The van der Waals surface area contributed by atoms with Crippen molar-refractivity contribution >= 4 is 16.8 Å². The van der Waals surface area contributed by atoms with Gasteiger partial charge in [0.15, 0.2) is 17.4 Å². The Bertz CT molecular complexity index is 1360. The van der Waals surface area contributed by atoms with E-state index in [4.69, 9.17) is 0 Å². The predicted octanol–water partition coefficient (Wildman–Crippen LogP) is 3.67. The zero-order valence-corrected chi connectivity index (χ0v) is 17.4. The van der Waals surface area contributed by atoms with Gasteiger partial charge in [-0.3, -0.25) is 14.9 Å². The Labute approximate surface area is 182 Å². The topological polar surface area (TPSA) is 111 Å². The molecule has 0 saturated heterocycles. The first kappa shape index (κ1) is 19.0. The fraction of sp³-hybridized carbons (Fsp3) is 0.304. The van der Waals surface area contributed by atoms with E-state index in [1.165, 1.54) is 12.1 Å². The number of fused-ring (bicyclic) bond motifs is 2. The van der Waals surface area contributed by atoms with E-state index in [2.05, 4.69) is 25.1 Å². The number of pyridine rings is 1. The summed E-state index contributed by atoms with van der Waals surface area (Å²) >= 11 is 0. The van der Waals surface area contributed by atoms with Crippen molar-refractivity contribution in [3.05, 3.63) is 47.2 Å². The Hall–Kier alpha value is -3.75. The average molecular weight is 432 g/mol.